The summed E-state index contributed by atoms with van der Waals surface area (Å²) in [5.74, 6) is -11.3. The van der Waals surface area contributed by atoms with Crippen LogP contribution in [0.4, 0.5) is 0 Å². The highest BCUT2D eigenvalue weighted by Gasteiger charge is 2.63. The monoisotopic (exact) mass is 424 g/mol. The van der Waals surface area contributed by atoms with Crippen molar-refractivity contribution >= 4 is 35.8 Å². The van der Waals surface area contributed by atoms with E-state index in [1.165, 1.54) is 0 Å². The van der Waals surface area contributed by atoms with E-state index in [-0.39, 0.29) is 6.08 Å². The molecule has 0 amide bonds. The zero-order valence-electron chi connectivity index (χ0n) is 15.4. The van der Waals surface area contributed by atoms with Crippen LogP contribution in [0.3, 0.4) is 0 Å². The smallest absolute Gasteiger partial charge is 0.357 e. The fourth-order valence-corrected chi connectivity index (χ4v) is 2.96. The van der Waals surface area contributed by atoms with Crippen LogP contribution in [0.1, 0.15) is 13.3 Å². The van der Waals surface area contributed by atoms with Gasteiger partial charge in [-0.2, -0.15) is 0 Å². The van der Waals surface area contributed by atoms with Gasteiger partial charge in [0.05, 0.1) is 5.57 Å². The molecular weight excluding hydrogens is 408 g/mol. The van der Waals surface area contributed by atoms with Crippen LogP contribution < -0.4 is 0 Å². The van der Waals surface area contributed by atoms with Crippen molar-refractivity contribution in [2.24, 2.45) is 0 Å². The Morgan fingerprint density at radius 2 is 1.40 bits per heavy atom. The molecule has 0 saturated heterocycles. The van der Waals surface area contributed by atoms with E-state index >= 15 is 0 Å². The van der Waals surface area contributed by atoms with Gasteiger partial charge < -0.3 is 29.9 Å². The highest BCUT2D eigenvalue weighted by atomic mass is 16.6. The Bertz CT molecular complexity index is 937. The third kappa shape index (κ3) is 3.57. The van der Waals surface area contributed by atoms with Gasteiger partial charge in [0.2, 0.25) is 0 Å². The molecule has 0 radical (unpaired) electrons. The Balaban J connectivity index is 4.28. The number of ether oxygens (including phenoxy) is 2. The highest BCUT2D eigenvalue weighted by Crippen LogP contribution is 2.45. The van der Waals surface area contributed by atoms with Crippen LogP contribution in [-0.2, 0) is 38.2 Å². The molecule has 2 unspecified atom stereocenters. The summed E-state index contributed by atoms with van der Waals surface area (Å²) in [6, 6.07) is 0. The molecule has 1 rings (SSSR count). The number of carboxylic acids is 4. The first kappa shape index (κ1) is 23.8. The van der Waals surface area contributed by atoms with Crippen LogP contribution >= 0.6 is 0 Å². The van der Waals surface area contributed by atoms with E-state index in [0.29, 0.717) is 12.2 Å². The first-order valence-electron chi connectivity index (χ1n) is 7.97. The van der Waals surface area contributed by atoms with Crippen LogP contribution in [0.25, 0.3) is 0 Å². The quantitative estimate of drug-likeness (QED) is 0.283. The lowest BCUT2D eigenvalue weighted by molar-refractivity contribution is -0.173. The second-order valence-electron chi connectivity index (χ2n) is 5.65. The molecule has 0 aromatic rings. The Kier molecular flexibility index (Phi) is 6.69. The first-order valence-corrected chi connectivity index (χ1v) is 7.97. The molecule has 30 heavy (non-hydrogen) atoms. The van der Waals surface area contributed by atoms with Crippen molar-refractivity contribution in [1.82, 2.24) is 0 Å². The number of carboxylic acid groups (broad SMARTS) is 4. The molecule has 0 aromatic carbocycles. The number of carbonyl (C=O) groups is 6. The molecule has 0 aliphatic heterocycles. The van der Waals surface area contributed by atoms with Crippen molar-refractivity contribution in [3.8, 4) is 0 Å². The van der Waals surface area contributed by atoms with Crippen LogP contribution in [0.15, 0.2) is 48.1 Å². The van der Waals surface area contributed by atoms with Crippen molar-refractivity contribution in [1.29, 1.82) is 0 Å². The van der Waals surface area contributed by atoms with Gasteiger partial charge in [-0.3, -0.25) is 0 Å². The summed E-state index contributed by atoms with van der Waals surface area (Å²) in [5, 5.41) is 38.7. The molecule has 0 heterocycles. The Labute approximate surface area is 168 Å². The zero-order valence-corrected chi connectivity index (χ0v) is 15.4. The number of aliphatic carboxylic acids is 4. The molecule has 2 atom stereocenters. The minimum absolute atomic E-state index is 0.0895. The van der Waals surface area contributed by atoms with Gasteiger partial charge in [0.1, 0.15) is 5.57 Å². The van der Waals surface area contributed by atoms with Crippen molar-refractivity contribution in [2.75, 3.05) is 0 Å². The molecule has 12 nitrogen and oxygen atoms in total. The Hall–Kier alpha value is -4.22. The predicted molar refractivity (Wildman–Crippen MR) is 94.0 cm³/mol. The van der Waals surface area contributed by atoms with Crippen LogP contribution in [0.2, 0.25) is 0 Å². The fourth-order valence-electron chi connectivity index (χ4n) is 2.96. The van der Waals surface area contributed by atoms with Crippen molar-refractivity contribution in [3.05, 3.63) is 48.1 Å². The summed E-state index contributed by atoms with van der Waals surface area (Å²) >= 11 is 0. The van der Waals surface area contributed by atoms with E-state index in [1.54, 1.807) is 0 Å². The second-order valence-corrected chi connectivity index (χ2v) is 5.65. The van der Waals surface area contributed by atoms with Crippen molar-refractivity contribution < 1.29 is 58.7 Å². The second kappa shape index (κ2) is 8.43. The SMILES string of the molecule is C=CC(=O)OC1(C(=O)O)C=C(C(=O)O)C(OC(=O)C=C)(C(=O)O)C(CC)=C1C(=O)O. The molecule has 4 N–H and O–H groups in total. The van der Waals surface area contributed by atoms with Crippen LogP contribution in [0.5, 0.6) is 0 Å². The molecule has 0 aromatic heterocycles. The molecule has 1 aliphatic carbocycles. The highest BCUT2D eigenvalue weighted by molar-refractivity contribution is 6.11. The van der Waals surface area contributed by atoms with Crippen LogP contribution in [0, 0.1) is 0 Å². The van der Waals surface area contributed by atoms with E-state index in [2.05, 4.69) is 13.2 Å². The minimum Gasteiger partial charge on any atom is -0.478 e. The number of hydrogen-bond donors (Lipinski definition) is 4. The summed E-state index contributed by atoms with van der Waals surface area (Å²) in [4.78, 5) is 71.5. The lowest BCUT2D eigenvalue weighted by Crippen LogP contribution is -2.58. The lowest BCUT2D eigenvalue weighted by Gasteiger charge is -2.40. The average Bonchev–Trinajstić information content (AvgIpc) is 2.66. The molecular formula is C18H16O12. The fraction of sp³-hybridized carbons (Fsp3) is 0.222. The van der Waals surface area contributed by atoms with E-state index in [1.807, 2.05) is 0 Å². The standard InChI is InChI=1S/C18H16O12/c1-4-8-12(14(23)24)17(15(25)26,29-10(19)5-2)7-9(13(21)22)18(8,16(27)28)30-11(20)6-3/h5-7H,2-4H2,1H3,(H,21,22)(H,23,24)(H,25,26)(H,27,28). The molecule has 12 heteroatoms. The van der Waals surface area contributed by atoms with Gasteiger partial charge in [-0.1, -0.05) is 20.1 Å². The maximum absolute atomic E-state index is 12.1. The lowest BCUT2D eigenvalue weighted by atomic mass is 9.70. The summed E-state index contributed by atoms with van der Waals surface area (Å²) < 4.78 is 9.46. The van der Waals surface area contributed by atoms with E-state index in [0.717, 1.165) is 6.92 Å². The van der Waals surface area contributed by atoms with Crippen molar-refractivity contribution in [2.45, 2.75) is 24.5 Å². The Morgan fingerprint density at radius 1 is 0.900 bits per heavy atom. The van der Waals surface area contributed by atoms with Gasteiger partial charge in [-0.25, -0.2) is 28.8 Å². The maximum Gasteiger partial charge on any atom is 0.357 e. The van der Waals surface area contributed by atoms with E-state index < -0.39 is 70.2 Å². The van der Waals surface area contributed by atoms with Gasteiger partial charge in [0, 0.05) is 17.7 Å². The van der Waals surface area contributed by atoms with Gasteiger partial charge in [-0.15, -0.1) is 0 Å². The molecule has 0 fully saturated rings. The Morgan fingerprint density at radius 3 is 1.73 bits per heavy atom. The van der Waals surface area contributed by atoms with Gasteiger partial charge in [0.15, 0.2) is 0 Å². The summed E-state index contributed by atoms with van der Waals surface area (Å²) in [7, 11) is 0. The van der Waals surface area contributed by atoms with Crippen molar-refractivity contribution in [3.63, 3.8) is 0 Å². The number of hydrogen-bond acceptors (Lipinski definition) is 8. The molecule has 1 aliphatic rings. The third-order valence-corrected chi connectivity index (χ3v) is 4.09. The topological polar surface area (TPSA) is 202 Å². The maximum atomic E-state index is 12.1. The average molecular weight is 424 g/mol. The number of rotatable bonds is 9. The van der Waals surface area contributed by atoms with E-state index in [9.17, 15) is 49.2 Å². The predicted octanol–water partition coefficient (Wildman–Crippen LogP) is -0.0926. The normalized spacial score (nSPS) is 22.9. The van der Waals surface area contributed by atoms with Crippen LogP contribution in [-0.4, -0.2) is 67.4 Å². The summed E-state index contributed by atoms with van der Waals surface area (Å²) in [5.41, 5.74) is -10.1. The minimum atomic E-state index is -3.25. The van der Waals surface area contributed by atoms with Gasteiger partial charge in [0.25, 0.3) is 11.2 Å². The zero-order chi connectivity index (χ0) is 23.4. The molecule has 160 valence electrons. The van der Waals surface area contributed by atoms with Gasteiger partial charge >= 0.3 is 35.8 Å². The van der Waals surface area contributed by atoms with Gasteiger partial charge in [-0.05, 0) is 12.5 Å². The number of esters is 2. The molecule has 0 spiro atoms. The summed E-state index contributed by atoms with van der Waals surface area (Å²) in [6.45, 7) is 7.26. The number of carbonyl (C=O) groups excluding carboxylic acids is 2. The molecule has 0 bridgehead atoms. The largest absolute Gasteiger partial charge is 0.478 e. The third-order valence-electron chi connectivity index (χ3n) is 4.09. The molecule has 0 saturated carbocycles. The first-order chi connectivity index (χ1) is 13.8. The van der Waals surface area contributed by atoms with E-state index in [4.69, 9.17) is 9.47 Å². The summed E-state index contributed by atoms with van der Waals surface area (Å²) in [6.07, 6.45) is 0.450.